The van der Waals surface area contributed by atoms with Crippen LogP contribution in [0.1, 0.15) is 33.7 Å². The van der Waals surface area contributed by atoms with Crippen molar-refractivity contribution in [3.8, 4) is 17.3 Å². The summed E-state index contributed by atoms with van der Waals surface area (Å²) in [5, 5.41) is 12.2. The molecule has 0 bridgehead atoms. The highest BCUT2D eigenvalue weighted by Gasteiger charge is 2.16. The molecule has 154 valence electrons. The first-order valence-corrected chi connectivity index (χ1v) is 9.88. The zero-order chi connectivity index (χ0) is 22.0. The quantitative estimate of drug-likeness (QED) is 0.638. The molecule has 2 N–H and O–H groups in total. The van der Waals surface area contributed by atoms with E-state index in [-0.39, 0.29) is 17.9 Å². The second-order valence-electron chi connectivity index (χ2n) is 6.77. The normalized spacial score (nSPS) is 10.7. The maximum absolute atomic E-state index is 13.5. The molecule has 2 aromatic heterocycles. The van der Waals surface area contributed by atoms with E-state index in [1.54, 1.807) is 20.8 Å². The van der Waals surface area contributed by atoms with Crippen molar-refractivity contribution < 1.29 is 13.6 Å². The van der Waals surface area contributed by atoms with Gasteiger partial charge in [0.15, 0.2) is 16.8 Å². The van der Waals surface area contributed by atoms with Crippen LogP contribution in [0.2, 0.25) is 0 Å². The zero-order valence-electron chi connectivity index (χ0n) is 16.5. The maximum atomic E-state index is 13.5. The molecule has 30 heavy (non-hydrogen) atoms. The van der Waals surface area contributed by atoms with Crippen LogP contribution >= 0.6 is 11.3 Å². The topological polar surface area (TPSA) is 98.6 Å². The first kappa shape index (κ1) is 21.3. The summed E-state index contributed by atoms with van der Waals surface area (Å²) in [7, 11) is 0. The van der Waals surface area contributed by atoms with Crippen LogP contribution in [-0.4, -0.2) is 15.9 Å². The molecule has 0 saturated heterocycles. The van der Waals surface area contributed by atoms with Crippen LogP contribution in [0.4, 0.5) is 13.9 Å². The third-order valence-electron chi connectivity index (χ3n) is 4.76. The molecule has 0 aliphatic carbocycles. The third kappa shape index (κ3) is 4.28. The Morgan fingerprint density at radius 1 is 1.27 bits per heavy atom. The highest BCUT2D eigenvalue weighted by Crippen LogP contribution is 2.31. The Morgan fingerprint density at radius 2 is 2.00 bits per heavy atom. The van der Waals surface area contributed by atoms with Gasteiger partial charge in [0.25, 0.3) is 5.56 Å². The lowest BCUT2D eigenvalue weighted by atomic mass is 9.99. The van der Waals surface area contributed by atoms with Gasteiger partial charge in [-0.3, -0.25) is 9.59 Å². The smallest absolute Gasteiger partial charge is 0.266 e. The third-order valence-corrected chi connectivity index (χ3v) is 5.64. The number of thiazole rings is 1. The Bertz CT molecular complexity index is 1240. The van der Waals surface area contributed by atoms with Gasteiger partial charge in [0.1, 0.15) is 11.6 Å². The monoisotopic (exact) mass is 428 g/mol. The van der Waals surface area contributed by atoms with Crippen LogP contribution in [-0.2, 0) is 11.2 Å². The van der Waals surface area contributed by atoms with E-state index in [0.29, 0.717) is 34.1 Å². The predicted molar refractivity (Wildman–Crippen MR) is 110 cm³/mol. The van der Waals surface area contributed by atoms with Crippen molar-refractivity contribution in [1.82, 2.24) is 9.97 Å². The average Bonchev–Trinajstić information content (AvgIpc) is 3.03. The summed E-state index contributed by atoms with van der Waals surface area (Å²) in [6.45, 7) is 5.19. The van der Waals surface area contributed by atoms with Gasteiger partial charge in [-0.1, -0.05) is 0 Å². The first-order valence-electron chi connectivity index (χ1n) is 9.06. The van der Waals surface area contributed by atoms with E-state index >= 15 is 0 Å². The fraction of sp³-hybridized carbons (Fsp3) is 0.238. The number of anilines is 1. The van der Waals surface area contributed by atoms with Gasteiger partial charge in [-0.15, -0.1) is 11.3 Å². The molecule has 0 radical (unpaired) electrons. The number of aromatic nitrogens is 2. The first-order chi connectivity index (χ1) is 14.2. The van der Waals surface area contributed by atoms with Crippen molar-refractivity contribution in [3.63, 3.8) is 0 Å². The molecule has 0 saturated carbocycles. The number of pyridine rings is 1. The number of benzene rings is 1. The molecule has 9 heteroatoms. The number of aryl methyl sites for hydroxylation is 2. The molecular weight excluding hydrogens is 410 g/mol. The molecule has 0 atom stereocenters. The number of aromatic amines is 1. The summed E-state index contributed by atoms with van der Waals surface area (Å²) >= 11 is 1.23. The molecular formula is C21H18F2N4O2S. The average molecular weight is 428 g/mol. The van der Waals surface area contributed by atoms with E-state index < -0.39 is 17.2 Å². The van der Waals surface area contributed by atoms with E-state index in [4.69, 9.17) is 5.26 Å². The second-order valence-corrected chi connectivity index (χ2v) is 7.97. The predicted octanol–water partition coefficient (Wildman–Crippen LogP) is 4.14. The van der Waals surface area contributed by atoms with E-state index in [9.17, 15) is 18.4 Å². The standard InChI is InChI=1S/C21H18F2N4O2S/c1-10-14(11(2)25-20(29)15(10)9-24)5-7-18(28)26-21-27-19(12(3)30-21)13-4-6-16(22)17(23)8-13/h4,6,8H,5,7H2,1-3H3,(H,25,29)(H,26,27,28). The highest BCUT2D eigenvalue weighted by atomic mass is 32.1. The summed E-state index contributed by atoms with van der Waals surface area (Å²) in [6.07, 6.45) is 0.465. The number of nitrogens with one attached hydrogen (secondary N) is 2. The second kappa shape index (κ2) is 8.55. The van der Waals surface area contributed by atoms with Crippen molar-refractivity contribution in [2.45, 2.75) is 33.6 Å². The highest BCUT2D eigenvalue weighted by molar-refractivity contribution is 7.16. The van der Waals surface area contributed by atoms with Crippen molar-refractivity contribution >= 4 is 22.4 Å². The lowest BCUT2D eigenvalue weighted by Gasteiger charge is -2.10. The van der Waals surface area contributed by atoms with E-state index in [1.807, 2.05) is 6.07 Å². The van der Waals surface area contributed by atoms with Crippen LogP contribution in [0, 0.1) is 43.7 Å². The van der Waals surface area contributed by atoms with Gasteiger partial charge in [0.05, 0.1) is 5.69 Å². The Labute approximate surface area is 175 Å². The number of amides is 1. The summed E-state index contributed by atoms with van der Waals surface area (Å²) in [4.78, 5) is 31.9. The van der Waals surface area contributed by atoms with Gasteiger partial charge in [-0.25, -0.2) is 13.8 Å². The number of nitriles is 1. The molecule has 1 amide bonds. The number of hydrogen-bond acceptors (Lipinski definition) is 5. The largest absolute Gasteiger partial charge is 0.325 e. The minimum absolute atomic E-state index is 0.0442. The van der Waals surface area contributed by atoms with Gasteiger partial charge >= 0.3 is 0 Å². The van der Waals surface area contributed by atoms with Gasteiger partial charge in [0, 0.05) is 22.6 Å². The van der Waals surface area contributed by atoms with Crippen LogP contribution in [0.5, 0.6) is 0 Å². The fourth-order valence-corrected chi connectivity index (χ4v) is 4.05. The molecule has 3 aromatic rings. The number of carbonyl (C=O) groups is 1. The lowest BCUT2D eigenvalue weighted by Crippen LogP contribution is -2.18. The van der Waals surface area contributed by atoms with Crippen molar-refractivity contribution in [1.29, 1.82) is 5.26 Å². The Morgan fingerprint density at radius 3 is 2.67 bits per heavy atom. The molecule has 1 aromatic carbocycles. The lowest BCUT2D eigenvalue weighted by molar-refractivity contribution is -0.116. The molecule has 0 aliphatic rings. The van der Waals surface area contributed by atoms with E-state index in [0.717, 1.165) is 22.6 Å². The van der Waals surface area contributed by atoms with Crippen LogP contribution in [0.25, 0.3) is 11.3 Å². The number of H-pyrrole nitrogens is 1. The Balaban J connectivity index is 1.73. The van der Waals surface area contributed by atoms with Crippen LogP contribution in [0.15, 0.2) is 23.0 Å². The number of rotatable bonds is 5. The van der Waals surface area contributed by atoms with Gasteiger partial charge < -0.3 is 10.3 Å². The Hall–Kier alpha value is -3.38. The molecule has 0 spiro atoms. The van der Waals surface area contributed by atoms with Gasteiger partial charge in [-0.05, 0) is 56.5 Å². The fourth-order valence-electron chi connectivity index (χ4n) is 3.20. The van der Waals surface area contributed by atoms with Crippen LogP contribution in [0.3, 0.4) is 0 Å². The molecule has 0 aliphatic heterocycles. The minimum Gasteiger partial charge on any atom is -0.325 e. The van der Waals surface area contributed by atoms with E-state index in [1.165, 1.54) is 17.4 Å². The minimum atomic E-state index is -0.964. The zero-order valence-corrected chi connectivity index (χ0v) is 17.3. The SMILES string of the molecule is Cc1[nH]c(=O)c(C#N)c(C)c1CCC(=O)Nc1nc(-c2ccc(F)c(F)c2)c(C)s1. The number of hydrogen-bond donors (Lipinski definition) is 2. The summed E-state index contributed by atoms with van der Waals surface area (Å²) in [5.41, 5.74) is 2.43. The van der Waals surface area contributed by atoms with Crippen molar-refractivity contribution in [2.75, 3.05) is 5.32 Å². The van der Waals surface area contributed by atoms with Crippen LogP contribution < -0.4 is 10.9 Å². The molecule has 0 unspecified atom stereocenters. The molecule has 3 rings (SSSR count). The van der Waals surface area contributed by atoms with E-state index in [2.05, 4.69) is 15.3 Å². The van der Waals surface area contributed by atoms with Crippen molar-refractivity contribution in [3.05, 3.63) is 67.4 Å². The van der Waals surface area contributed by atoms with Crippen molar-refractivity contribution in [2.24, 2.45) is 0 Å². The summed E-state index contributed by atoms with van der Waals surface area (Å²) < 4.78 is 26.7. The summed E-state index contributed by atoms with van der Waals surface area (Å²) in [5.74, 6) is -2.19. The number of carbonyl (C=O) groups excluding carboxylic acids is 1. The van der Waals surface area contributed by atoms with Gasteiger partial charge in [0.2, 0.25) is 5.91 Å². The molecule has 0 fully saturated rings. The molecule has 6 nitrogen and oxygen atoms in total. The molecule has 2 heterocycles. The summed E-state index contributed by atoms with van der Waals surface area (Å²) in [6, 6.07) is 5.42. The van der Waals surface area contributed by atoms with Gasteiger partial charge in [-0.2, -0.15) is 5.26 Å². The maximum Gasteiger partial charge on any atom is 0.266 e. The Kier molecular flexibility index (Phi) is 6.08. The number of nitrogens with zero attached hydrogens (tertiary/aromatic N) is 2. The number of halogens is 2.